The third kappa shape index (κ3) is 4.91. The van der Waals surface area contributed by atoms with Gasteiger partial charge in [0.15, 0.2) is 0 Å². The van der Waals surface area contributed by atoms with Gasteiger partial charge in [-0.3, -0.25) is 14.3 Å². The van der Waals surface area contributed by atoms with E-state index in [9.17, 15) is 4.79 Å². The molecule has 0 amide bonds. The van der Waals surface area contributed by atoms with Crippen molar-refractivity contribution < 1.29 is 4.74 Å². The number of pyridine rings is 2. The van der Waals surface area contributed by atoms with E-state index in [2.05, 4.69) is 36.8 Å². The van der Waals surface area contributed by atoms with Gasteiger partial charge in [0.25, 0.3) is 5.56 Å². The number of hydrogen-bond acceptors (Lipinski definition) is 6. The number of ether oxygens (including phenoxy) is 1. The van der Waals surface area contributed by atoms with Crippen LogP contribution < -0.4 is 10.3 Å². The largest absolute Gasteiger partial charge is 0.487 e. The van der Waals surface area contributed by atoms with Crippen molar-refractivity contribution >= 4 is 22.9 Å². The van der Waals surface area contributed by atoms with Crippen LogP contribution in [0.3, 0.4) is 0 Å². The number of hydrogen-bond donors (Lipinski definition) is 0. The van der Waals surface area contributed by atoms with Crippen LogP contribution in [0.25, 0.3) is 17.1 Å². The number of aromatic nitrogens is 4. The molecule has 6 nitrogen and oxygen atoms in total. The van der Waals surface area contributed by atoms with Crippen molar-refractivity contribution in [2.24, 2.45) is 0 Å². The van der Waals surface area contributed by atoms with Gasteiger partial charge in [-0.05, 0) is 49.9 Å². The molecule has 0 N–H and O–H groups in total. The standard InChI is InChI=1S/C26H27ClN4O2S/c1-15-12-29-20(19-7-8-28-25(30-19)26(4,5)6)11-21(15)31-16(2)9-22(23(27)24(31)32)33-13-18-10-17(3)34-14-18/h7-12,14H,13H2,1-6H3. The quantitative estimate of drug-likeness (QED) is 0.330. The molecule has 0 aliphatic rings. The highest BCUT2D eigenvalue weighted by atomic mass is 35.5. The Labute approximate surface area is 208 Å². The van der Waals surface area contributed by atoms with Crippen LogP contribution in [0.5, 0.6) is 5.75 Å². The molecule has 0 fully saturated rings. The zero-order valence-corrected chi connectivity index (χ0v) is 21.7. The number of rotatable bonds is 5. The Kier molecular flexibility index (Phi) is 6.60. The lowest BCUT2D eigenvalue weighted by molar-refractivity contribution is 0.305. The molecule has 0 atom stereocenters. The normalized spacial score (nSPS) is 11.6. The van der Waals surface area contributed by atoms with E-state index in [0.29, 0.717) is 35.1 Å². The molecule has 0 aliphatic carbocycles. The summed E-state index contributed by atoms with van der Waals surface area (Å²) in [6.45, 7) is 12.4. The third-order valence-electron chi connectivity index (χ3n) is 5.38. The van der Waals surface area contributed by atoms with Crippen molar-refractivity contribution in [2.75, 3.05) is 0 Å². The fraction of sp³-hybridized carbons (Fsp3) is 0.308. The average molecular weight is 495 g/mol. The van der Waals surface area contributed by atoms with Gasteiger partial charge in [-0.15, -0.1) is 11.3 Å². The second-order valence-corrected chi connectivity index (χ2v) is 10.8. The number of halogens is 1. The summed E-state index contributed by atoms with van der Waals surface area (Å²) in [4.78, 5) is 28.2. The first-order valence-electron chi connectivity index (χ1n) is 10.9. The molecule has 0 aromatic carbocycles. The van der Waals surface area contributed by atoms with Gasteiger partial charge in [0.2, 0.25) is 0 Å². The Morgan fingerprint density at radius 1 is 1.09 bits per heavy atom. The van der Waals surface area contributed by atoms with E-state index >= 15 is 0 Å². The van der Waals surface area contributed by atoms with Crippen LogP contribution >= 0.6 is 22.9 Å². The van der Waals surface area contributed by atoms with E-state index in [1.807, 2.05) is 38.3 Å². The van der Waals surface area contributed by atoms with Crippen LogP contribution in [0.4, 0.5) is 0 Å². The molecule has 0 aliphatic heterocycles. The first kappa shape index (κ1) is 24.1. The smallest absolute Gasteiger partial charge is 0.277 e. The van der Waals surface area contributed by atoms with Gasteiger partial charge in [0, 0.05) is 40.0 Å². The van der Waals surface area contributed by atoms with Crippen LogP contribution in [0.1, 0.15) is 48.3 Å². The summed E-state index contributed by atoms with van der Waals surface area (Å²) in [5, 5.41) is 2.09. The monoisotopic (exact) mass is 494 g/mol. The molecule has 0 radical (unpaired) electrons. The van der Waals surface area contributed by atoms with Crippen LogP contribution in [-0.4, -0.2) is 19.5 Å². The van der Waals surface area contributed by atoms with Gasteiger partial charge in [0.05, 0.1) is 17.1 Å². The highest BCUT2D eigenvalue weighted by Crippen LogP contribution is 2.28. The minimum atomic E-state index is -0.337. The minimum Gasteiger partial charge on any atom is -0.487 e. The molecule has 4 aromatic rings. The lowest BCUT2D eigenvalue weighted by atomic mass is 9.95. The predicted octanol–water partition coefficient (Wildman–Crippen LogP) is 6.21. The van der Waals surface area contributed by atoms with Crippen molar-refractivity contribution in [1.82, 2.24) is 19.5 Å². The van der Waals surface area contributed by atoms with Crippen molar-refractivity contribution in [3.05, 3.63) is 84.9 Å². The maximum atomic E-state index is 13.3. The van der Waals surface area contributed by atoms with Crippen LogP contribution in [0.2, 0.25) is 5.02 Å². The van der Waals surface area contributed by atoms with Crippen molar-refractivity contribution in [2.45, 2.75) is 53.6 Å². The van der Waals surface area contributed by atoms with Gasteiger partial charge in [-0.1, -0.05) is 32.4 Å². The summed E-state index contributed by atoms with van der Waals surface area (Å²) in [5.74, 6) is 1.11. The zero-order chi connectivity index (χ0) is 24.6. The average Bonchev–Trinajstić information content (AvgIpc) is 3.21. The van der Waals surface area contributed by atoms with Crippen LogP contribution in [0.15, 0.2) is 46.8 Å². The first-order valence-corrected chi connectivity index (χ1v) is 12.2. The van der Waals surface area contributed by atoms with Crippen molar-refractivity contribution in [1.29, 1.82) is 0 Å². The summed E-state index contributed by atoms with van der Waals surface area (Å²) >= 11 is 8.14. The number of nitrogens with zero attached hydrogens (tertiary/aromatic N) is 4. The predicted molar refractivity (Wildman–Crippen MR) is 137 cm³/mol. The van der Waals surface area contributed by atoms with E-state index in [1.165, 1.54) is 4.88 Å². The Morgan fingerprint density at radius 3 is 2.53 bits per heavy atom. The molecular weight excluding hydrogens is 468 g/mol. The summed E-state index contributed by atoms with van der Waals surface area (Å²) in [5.41, 5.74) is 4.13. The molecule has 4 rings (SSSR count). The fourth-order valence-electron chi connectivity index (χ4n) is 3.58. The third-order valence-corrected chi connectivity index (χ3v) is 6.64. The van der Waals surface area contributed by atoms with E-state index < -0.39 is 0 Å². The Morgan fingerprint density at radius 2 is 1.85 bits per heavy atom. The maximum absolute atomic E-state index is 13.3. The second-order valence-electron chi connectivity index (χ2n) is 9.33. The molecule has 4 heterocycles. The summed E-state index contributed by atoms with van der Waals surface area (Å²) in [6, 6.07) is 7.55. The SMILES string of the molecule is Cc1cc(COc2cc(C)n(-c3cc(-c4ccnc(C(C)(C)C)n4)ncc3C)c(=O)c2Cl)cs1. The van der Waals surface area contributed by atoms with Gasteiger partial charge in [0.1, 0.15) is 23.2 Å². The highest BCUT2D eigenvalue weighted by Gasteiger charge is 2.20. The maximum Gasteiger partial charge on any atom is 0.277 e. The lowest BCUT2D eigenvalue weighted by Gasteiger charge is -2.18. The molecule has 0 saturated heterocycles. The molecule has 0 unspecified atom stereocenters. The summed E-state index contributed by atoms with van der Waals surface area (Å²) < 4.78 is 7.48. The molecule has 8 heteroatoms. The van der Waals surface area contributed by atoms with E-state index in [-0.39, 0.29) is 16.0 Å². The van der Waals surface area contributed by atoms with Crippen molar-refractivity contribution in [3.63, 3.8) is 0 Å². The number of aryl methyl sites for hydroxylation is 3. The van der Waals surface area contributed by atoms with E-state index in [0.717, 1.165) is 17.0 Å². The Hall–Kier alpha value is -3.03. The summed E-state index contributed by atoms with van der Waals surface area (Å²) in [7, 11) is 0. The molecule has 176 valence electrons. The number of thiophene rings is 1. The summed E-state index contributed by atoms with van der Waals surface area (Å²) in [6.07, 6.45) is 3.48. The Balaban J connectivity index is 1.73. The van der Waals surface area contributed by atoms with Crippen LogP contribution in [-0.2, 0) is 12.0 Å². The van der Waals surface area contributed by atoms with Crippen LogP contribution in [0, 0.1) is 20.8 Å². The molecule has 0 saturated carbocycles. The topological polar surface area (TPSA) is 69.9 Å². The lowest BCUT2D eigenvalue weighted by Crippen LogP contribution is -2.23. The second kappa shape index (κ2) is 9.31. The Bertz CT molecular complexity index is 1420. The van der Waals surface area contributed by atoms with E-state index in [1.54, 1.807) is 34.4 Å². The zero-order valence-electron chi connectivity index (χ0n) is 20.1. The van der Waals surface area contributed by atoms with Gasteiger partial charge >= 0.3 is 0 Å². The molecular formula is C26H27ClN4O2S. The highest BCUT2D eigenvalue weighted by molar-refractivity contribution is 7.10. The van der Waals surface area contributed by atoms with Crippen molar-refractivity contribution in [3.8, 4) is 22.8 Å². The van der Waals surface area contributed by atoms with Gasteiger partial charge in [-0.25, -0.2) is 9.97 Å². The fourth-order valence-corrected chi connectivity index (χ4v) is 4.46. The first-order chi connectivity index (χ1) is 16.0. The van der Waals surface area contributed by atoms with E-state index in [4.69, 9.17) is 21.3 Å². The van der Waals surface area contributed by atoms with Gasteiger partial charge < -0.3 is 4.74 Å². The molecule has 0 spiro atoms. The molecule has 0 bridgehead atoms. The van der Waals surface area contributed by atoms with Gasteiger partial charge in [-0.2, -0.15) is 0 Å². The molecule has 34 heavy (non-hydrogen) atoms. The molecule has 4 aromatic heterocycles. The minimum absolute atomic E-state index is 0.0485.